The number of aromatic nitrogens is 2. The third-order valence-electron chi connectivity index (χ3n) is 3.22. The molecule has 0 bridgehead atoms. The van der Waals surface area contributed by atoms with Gasteiger partial charge in [0.05, 0.1) is 10.6 Å². The molecule has 0 aliphatic heterocycles. The van der Waals surface area contributed by atoms with Gasteiger partial charge in [0.1, 0.15) is 0 Å². The Morgan fingerprint density at radius 2 is 2.17 bits per heavy atom. The van der Waals surface area contributed by atoms with E-state index in [1.807, 2.05) is 0 Å². The van der Waals surface area contributed by atoms with Crippen LogP contribution in [0.25, 0.3) is 5.69 Å². The van der Waals surface area contributed by atoms with Gasteiger partial charge >= 0.3 is 0 Å². The van der Waals surface area contributed by atoms with Crippen molar-refractivity contribution < 1.29 is 4.92 Å². The molecule has 3 rings (SSSR count). The molecule has 0 unspecified atom stereocenters. The molecule has 1 aliphatic rings. The van der Waals surface area contributed by atoms with Gasteiger partial charge in [-0.1, -0.05) is 6.07 Å². The second-order valence-electron chi connectivity index (χ2n) is 4.34. The summed E-state index contributed by atoms with van der Waals surface area (Å²) in [6.45, 7) is 0. The third kappa shape index (κ3) is 1.54. The molecule has 0 atom stereocenters. The number of nitro benzene ring substituents is 1. The first kappa shape index (κ1) is 10.8. The quantitative estimate of drug-likeness (QED) is 0.644. The summed E-state index contributed by atoms with van der Waals surface area (Å²) < 4.78 is 1.39. The number of nitro groups is 1. The Balaban J connectivity index is 2.13. The van der Waals surface area contributed by atoms with Gasteiger partial charge in [-0.2, -0.15) is 0 Å². The molecule has 0 fully saturated rings. The maximum atomic E-state index is 12.1. The molecular formula is C12H11N3O3. The first-order valence-electron chi connectivity index (χ1n) is 5.74. The van der Waals surface area contributed by atoms with Crippen LogP contribution in [0.3, 0.4) is 0 Å². The lowest BCUT2D eigenvalue weighted by Gasteiger charge is -2.01. The highest BCUT2D eigenvalue weighted by molar-refractivity contribution is 5.43. The predicted molar refractivity (Wildman–Crippen MR) is 65.1 cm³/mol. The van der Waals surface area contributed by atoms with Crippen molar-refractivity contribution in [3.63, 3.8) is 0 Å². The average Bonchev–Trinajstić information content (AvgIpc) is 2.93. The molecular weight excluding hydrogens is 234 g/mol. The molecule has 0 saturated carbocycles. The van der Waals surface area contributed by atoms with E-state index < -0.39 is 4.92 Å². The van der Waals surface area contributed by atoms with Gasteiger partial charge in [0, 0.05) is 23.4 Å². The van der Waals surface area contributed by atoms with E-state index in [9.17, 15) is 14.9 Å². The SMILES string of the molecule is O=c1c2c([nH]n1-c1cccc([N+](=O)[O-])c1)CCC2. The molecule has 0 saturated heterocycles. The van der Waals surface area contributed by atoms with Crippen molar-refractivity contribution in [3.05, 3.63) is 56.0 Å². The largest absolute Gasteiger partial charge is 0.295 e. The summed E-state index contributed by atoms with van der Waals surface area (Å²) in [4.78, 5) is 22.4. The molecule has 1 aromatic carbocycles. The molecule has 0 spiro atoms. The molecule has 0 amide bonds. The van der Waals surface area contributed by atoms with Crippen LogP contribution in [0.2, 0.25) is 0 Å². The lowest BCUT2D eigenvalue weighted by molar-refractivity contribution is -0.384. The number of hydrogen-bond donors (Lipinski definition) is 1. The smallest absolute Gasteiger partial charge is 0.274 e. The van der Waals surface area contributed by atoms with Gasteiger partial charge in [-0.3, -0.25) is 20.0 Å². The van der Waals surface area contributed by atoms with Crippen LogP contribution < -0.4 is 5.56 Å². The van der Waals surface area contributed by atoms with Crippen molar-refractivity contribution in [2.24, 2.45) is 0 Å². The molecule has 0 radical (unpaired) electrons. The van der Waals surface area contributed by atoms with E-state index in [-0.39, 0.29) is 11.2 Å². The van der Waals surface area contributed by atoms with Crippen LogP contribution in [-0.2, 0) is 12.8 Å². The van der Waals surface area contributed by atoms with E-state index in [0.717, 1.165) is 30.5 Å². The van der Waals surface area contributed by atoms with Gasteiger partial charge in [-0.05, 0) is 25.3 Å². The highest BCUT2D eigenvalue weighted by Crippen LogP contribution is 2.19. The minimum atomic E-state index is -0.467. The van der Waals surface area contributed by atoms with Gasteiger partial charge < -0.3 is 0 Å². The van der Waals surface area contributed by atoms with Gasteiger partial charge in [0.2, 0.25) is 0 Å². The Morgan fingerprint density at radius 3 is 2.89 bits per heavy atom. The summed E-state index contributed by atoms with van der Waals surface area (Å²) >= 11 is 0. The minimum absolute atomic E-state index is 0.0193. The fourth-order valence-corrected chi connectivity index (χ4v) is 2.35. The van der Waals surface area contributed by atoms with Gasteiger partial charge in [-0.15, -0.1) is 0 Å². The van der Waals surface area contributed by atoms with Crippen molar-refractivity contribution in [1.29, 1.82) is 0 Å². The molecule has 18 heavy (non-hydrogen) atoms. The van der Waals surface area contributed by atoms with Crippen molar-refractivity contribution in [3.8, 4) is 5.69 Å². The maximum absolute atomic E-state index is 12.1. The zero-order chi connectivity index (χ0) is 12.7. The first-order valence-corrected chi connectivity index (χ1v) is 5.74. The van der Waals surface area contributed by atoms with E-state index in [1.165, 1.54) is 16.8 Å². The van der Waals surface area contributed by atoms with E-state index in [2.05, 4.69) is 5.10 Å². The molecule has 2 aromatic rings. The lowest BCUT2D eigenvalue weighted by atomic mass is 10.2. The molecule has 6 heteroatoms. The molecule has 92 valence electrons. The topological polar surface area (TPSA) is 80.9 Å². The van der Waals surface area contributed by atoms with Crippen LogP contribution in [-0.4, -0.2) is 14.7 Å². The summed E-state index contributed by atoms with van der Waals surface area (Å²) in [6.07, 6.45) is 2.64. The standard InChI is InChI=1S/C12H11N3O3/c16-12-10-5-2-6-11(10)13-14(12)8-3-1-4-9(7-8)15(17)18/h1,3-4,7,13H,2,5-6H2. The summed E-state index contributed by atoms with van der Waals surface area (Å²) in [7, 11) is 0. The number of aromatic amines is 1. The number of fused-ring (bicyclic) bond motifs is 1. The Kier molecular flexibility index (Phi) is 2.29. The van der Waals surface area contributed by atoms with Crippen LogP contribution in [0, 0.1) is 10.1 Å². The minimum Gasteiger partial charge on any atom is -0.295 e. The Hall–Kier alpha value is -2.37. The number of hydrogen-bond acceptors (Lipinski definition) is 3. The summed E-state index contributed by atoms with van der Waals surface area (Å²) in [5, 5.41) is 13.7. The fraction of sp³-hybridized carbons (Fsp3) is 0.250. The van der Waals surface area contributed by atoms with E-state index >= 15 is 0 Å². The van der Waals surface area contributed by atoms with Crippen LogP contribution >= 0.6 is 0 Å². The summed E-state index contributed by atoms with van der Waals surface area (Å²) in [5.74, 6) is 0. The molecule has 1 heterocycles. The number of nitrogens with zero attached hydrogens (tertiary/aromatic N) is 2. The van der Waals surface area contributed by atoms with Gasteiger partial charge in [-0.25, -0.2) is 4.68 Å². The number of H-pyrrole nitrogens is 1. The number of nitrogens with one attached hydrogen (secondary N) is 1. The van der Waals surface area contributed by atoms with Crippen LogP contribution in [0.1, 0.15) is 17.7 Å². The normalized spacial score (nSPS) is 13.6. The number of benzene rings is 1. The van der Waals surface area contributed by atoms with Gasteiger partial charge in [0.25, 0.3) is 11.2 Å². The molecule has 6 nitrogen and oxygen atoms in total. The van der Waals surface area contributed by atoms with Crippen LogP contribution in [0.15, 0.2) is 29.1 Å². The summed E-state index contributed by atoms with van der Waals surface area (Å²) in [6, 6.07) is 6.06. The van der Waals surface area contributed by atoms with E-state index in [1.54, 1.807) is 12.1 Å². The highest BCUT2D eigenvalue weighted by Gasteiger charge is 2.20. The van der Waals surface area contributed by atoms with Crippen molar-refractivity contribution in [2.45, 2.75) is 19.3 Å². The Morgan fingerprint density at radius 1 is 1.33 bits per heavy atom. The molecule has 1 aliphatic carbocycles. The van der Waals surface area contributed by atoms with Crippen LogP contribution in [0.5, 0.6) is 0 Å². The molecule has 1 aromatic heterocycles. The maximum Gasteiger partial charge on any atom is 0.274 e. The predicted octanol–water partition coefficient (Wildman–Crippen LogP) is 1.56. The van der Waals surface area contributed by atoms with Crippen molar-refractivity contribution >= 4 is 5.69 Å². The second-order valence-corrected chi connectivity index (χ2v) is 4.34. The second kappa shape index (κ2) is 3.83. The third-order valence-corrected chi connectivity index (χ3v) is 3.22. The highest BCUT2D eigenvalue weighted by atomic mass is 16.6. The van der Waals surface area contributed by atoms with Crippen molar-refractivity contribution in [1.82, 2.24) is 9.78 Å². The van der Waals surface area contributed by atoms with E-state index in [0.29, 0.717) is 5.69 Å². The Bertz CT molecular complexity index is 684. The summed E-state index contributed by atoms with van der Waals surface area (Å²) in [5.41, 5.74) is 2.15. The fourth-order valence-electron chi connectivity index (χ4n) is 2.35. The van der Waals surface area contributed by atoms with Crippen molar-refractivity contribution in [2.75, 3.05) is 0 Å². The van der Waals surface area contributed by atoms with E-state index in [4.69, 9.17) is 0 Å². The zero-order valence-corrected chi connectivity index (χ0v) is 9.55. The lowest BCUT2D eigenvalue weighted by Crippen LogP contribution is -2.17. The first-order chi connectivity index (χ1) is 8.66. The molecule has 1 N–H and O–H groups in total. The monoisotopic (exact) mass is 245 g/mol. The average molecular weight is 245 g/mol. The van der Waals surface area contributed by atoms with Gasteiger partial charge in [0.15, 0.2) is 0 Å². The number of rotatable bonds is 2. The van der Waals surface area contributed by atoms with Crippen LogP contribution in [0.4, 0.5) is 5.69 Å². The Labute approximate surface area is 102 Å². The number of aryl methyl sites for hydroxylation is 1. The number of non-ortho nitro benzene ring substituents is 1. The zero-order valence-electron chi connectivity index (χ0n) is 9.55.